The standard InChI is InChI=1S/C54H34N2OS/c1-2-14-38(15-3-1)56-49-22-8-6-18-46(49)54-52(56)47-21-11-20-44(53(47)58-54)37-26-30-40(31-27-37)55(41-32-33-51-48(34-41)45-17-7-9-23-50(45)57-51)39-28-24-36(25-29-39)43-19-10-13-35-12-4-5-16-42(35)43/h1-34H. The van der Waals surface area contributed by atoms with Gasteiger partial charge in [0.15, 0.2) is 0 Å². The van der Waals surface area contributed by atoms with Crippen LogP contribution >= 0.6 is 11.3 Å². The molecule has 0 bridgehead atoms. The minimum absolute atomic E-state index is 0.885. The van der Waals surface area contributed by atoms with Gasteiger partial charge in [-0.1, -0.05) is 140 Å². The Morgan fingerprint density at radius 1 is 0.397 bits per heavy atom. The molecule has 3 heterocycles. The SMILES string of the molecule is c1ccc(-n2c3ccccc3c3sc4c(-c5ccc(N(c6ccc(-c7cccc8ccccc78)cc6)c6ccc7oc8ccccc8c7c6)cc5)cccc4c32)cc1. The molecule has 0 spiro atoms. The minimum Gasteiger partial charge on any atom is -0.456 e. The number of hydrogen-bond donors (Lipinski definition) is 0. The fourth-order valence-electron chi connectivity index (χ4n) is 8.92. The van der Waals surface area contributed by atoms with Gasteiger partial charge in [-0.3, -0.25) is 0 Å². The van der Waals surface area contributed by atoms with Crippen molar-refractivity contribution in [3.05, 3.63) is 206 Å². The molecule has 0 radical (unpaired) electrons. The first-order valence-electron chi connectivity index (χ1n) is 19.7. The molecule has 0 atom stereocenters. The third kappa shape index (κ3) is 5.12. The van der Waals surface area contributed by atoms with Crippen LogP contribution in [0.2, 0.25) is 0 Å². The van der Waals surface area contributed by atoms with Crippen LogP contribution in [-0.4, -0.2) is 4.57 Å². The van der Waals surface area contributed by atoms with Crippen LogP contribution in [-0.2, 0) is 0 Å². The summed E-state index contributed by atoms with van der Waals surface area (Å²) in [7, 11) is 0. The summed E-state index contributed by atoms with van der Waals surface area (Å²) in [6.07, 6.45) is 0. The number of rotatable bonds is 6. The van der Waals surface area contributed by atoms with Crippen LogP contribution in [0.4, 0.5) is 17.1 Å². The van der Waals surface area contributed by atoms with Crippen LogP contribution < -0.4 is 4.90 Å². The summed E-state index contributed by atoms with van der Waals surface area (Å²) in [5.41, 5.74) is 13.6. The van der Waals surface area contributed by atoms with Gasteiger partial charge in [0.2, 0.25) is 0 Å². The van der Waals surface area contributed by atoms with Gasteiger partial charge >= 0.3 is 0 Å². The van der Waals surface area contributed by atoms with E-state index in [4.69, 9.17) is 4.42 Å². The van der Waals surface area contributed by atoms with Crippen molar-refractivity contribution in [2.75, 3.05) is 4.90 Å². The van der Waals surface area contributed by atoms with Crippen molar-refractivity contribution in [1.82, 2.24) is 4.57 Å². The second-order valence-electron chi connectivity index (χ2n) is 14.9. The molecule has 4 heteroatoms. The van der Waals surface area contributed by atoms with E-state index in [0.29, 0.717) is 0 Å². The number of para-hydroxylation sites is 3. The van der Waals surface area contributed by atoms with Crippen LogP contribution in [0.5, 0.6) is 0 Å². The highest BCUT2D eigenvalue weighted by molar-refractivity contribution is 7.27. The van der Waals surface area contributed by atoms with Crippen molar-refractivity contribution < 1.29 is 4.42 Å². The molecular formula is C54H34N2OS. The van der Waals surface area contributed by atoms with Gasteiger partial charge in [0.25, 0.3) is 0 Å². The summed E-state index contributed by atoms with van der Waals surface area (Å²) < 4.78 is 11.3. The van der Waals surface area contributed by atoms with Gasteiger partial charge in [0, 0.05) is 49.0 Å². The van der Waals surface area contributed by atoms with E-state index < -0.39 is 0 Å². The number of anilines is 3. The molecule has 58 heavy (non-hydrogen) atoms. The Bertz CT molecular complexity index is 3500. The lowest BCUT2D eigenvalue weighted by Gasteiger charge is -2.26. The maximum atomic E-state index is 6.25. The second-order valence-corrected chi connectivity index (χ2v) is 15.9. The van der Waals surface area contributed by atoms with Crippen molar-refractivity contribution in [2.24, 2.45) is 0 Å². The molecule has 9 aromatic carbocycles. The van der Waals surface area contributed by atoms with E-state index in [0.717, 1.165) is 39.0 Å². The van der Waals surface area contributed by atoms with E-state index in [2.05, 4.69) is 204 Å². The molecule has 0 amide bonds. The zero-order valence-corrected chi connectivity index (χ0v) is 32.2. The number of hydrogen-bond acceptors (Lipinski definition) is 3. The average Bonchev–Trinajstić information content (AvgIpc) is 3.96. The Labute approximate surface area is 338 Å². The molecule has 272 valence electrons. The molecule has 0 unspecified atom stereocenters. The Morgan fingerprint density at radius 3 is 1.79 bits per heavy atom. The fourth-order valence-corrected chi connectivity index (χ4v) is 10.3. The van der Waals surface area contributed by atoms with E-state index in [-0.39, 0.29) is 0 Å². The number of fused-ring (bicyclic) bond motifs is 9. The molecule has 12 rings (SSSR count). The first-order valence-corrected chi connectivity index (χ1v) is 20.5. The number of aromatic nitrogens is 1. The second kappa shape index (κ2) is 13.1. The van der Waals surface area contributed by atoms with E-state index >= 15 is 0 Å². The van der Waals surface area contributed by atoms with E-state index in [1.807, 2.05) is 23.5 Å². The highest BCUT2D eigenvalue weighted by atomic mass is 32.1. The van der Waals surface area contributed by atoms with Crippen LogP contribution in [0.15, 0.2) is 211 Å². The third-order valence-electron chi connectivity index (χ3n) is 11.6. The normalized spacial score (nSPS) is 11.8. The minimum atomic E-state index is 0.885. The third-order valence-corrected chi connectivity index (χ3v) is 12.9. The van der Waals surface area contributed by atoms with E-state index in [9.17, 15) is 0 Å². The van der Waals surface area contributed by atoms with Crippen molar-refractivity contribution in [3.63, 3.8) is 0 Å². The molecule has 0 saturated heterocycles. The molecule has 0 N–H and O–H groups in total. The summed E-state index contributed by atoms with van der Waals surface area (Å²) in [5.74, 6) is 0. The molecule has 0 aliphatic heterocycles. The van der Waals surface area contributed by atoms with Gasteiger partial charge in [-0.15, -0.1) is 11.3 Å². The molecule has 0 saturated carbocycles. The maximum Gasteiger partial charge on any atom is 0.135 e. The summed E-state index contributed by atoms with van der Waals surface area (Å²) in [6, 6.07) is 74.3. The molecular weight excluding hydrogens is 725 g/mol. The summed E-state index contributed by atoms with van der Waals surface area (Å²) in [6.45, 7) is 0. The molecule has 12 aromatic rings. The number of furan rings is 1. The largest absolute Gasteiger partial charge is 0.456 e. The zero-order valence-electron chi connectivity index (χ0n) is 31.3. The van der Waals surface area contributed by atoms with Crippen molar-refractivity contribution >= 4 is 92.3 Å². The van der Waals surface area contributed by atoms with Gasteiger partial charge in [0.05, 0.1) is 15.7 Å². The van der Waals surface area contributed by atoms with Crippen LogP contribution in [0.3, 0.4) is 0 Å². The number of benzene rings is 9. The number of thiophene rings is 1. The average molecular weight is 759 g/mol. The van der Waals surface area contributed by atoms with Gasteiger partial charge in [-0.05, 0) is 99.8 Å². The topological polar surface area (TPSA) is 21.3 Å². The predicted octanol–water partition coefficient (Wildman–Crippen LogP) is 15.9. The summed E-state index contributed by atoms with van der Waals surface area (Å²) >= 11 is 1.90. The van der Waals surface area contributed by atoms with E-state index in [1.165, 1.54) is 69.9 Å². The first-order chi connectivity index (χ1) is 28.8. The van der Waals surface area contributed by atoms with Crippen LogP contribution in [0, 0.1) is 0 Å². The Morgan fingerprint density at radius 2 is 0.983 bits per heavy atom. The fraction of sp³-hybridized carbons (Fsp3) is 0. The van der Waals surface area contributed by atoms with Crippen LogP contribution in [0.1, 0.15) is 0 Å². The summed E-state index contributed by atoms with van der Waals surface area (Å²) in [5, 5.41) is 7.28. The first kappa shape index (κ1) is 32.8. The molecule has 0 fully saturated rings. The zero-order chi connectivity index (χ0) is 38.2. The molecule has 0 aliphatic rings. The molecule has 3 aromatic heterocycles. The lowest BCUT2D eigenvalue weighted by Crippen LogP contribution is -2.09. The van der Waals surface area contributed by atoms with Crippen molar-refractivity contribution in [1.29, 1.82) is 0 Å². The Balaban J connectivity index is 0.992. The van der Waals surface area contributed by atoms with E-state index in [1.54, 1.807) is 0 Å². The smallest absolute Gasteiger partial charge is 0.135 e. The number of nitrogens with zero attached hydrogens (tertiary/aromatic N) is 2. The lowest BCUT2D eigenvalue weighted by molar-refractivity contribution is 0.669. The van der Waals surface area contributed by atoms with Crippen molar-refractivity contribution in [3.8, 4) is 27.9 Å². The van der Waals surface area contributed by atoms with Crippen LogP contribution in [0.25, 0.3) is 91.9 Å². The Kier molecular flexibility index (Phi) is 7.40. The summed E-state index contributed by atoms with van der Waals surface area (Å²) in [4.78, 5) is 2.35. The van der Waals surface area contributed by atoms with Crippen molar-refractivity contribution in [2.45, 2.75) is 0 Å². The monoisotopic (exact) mass is 758 g/mol. The Hall–Kier alpha value is -7.40. The maximum absolute atomic E-state index is 6.25. The molecule has 3 nitrogen and oxygen atoms in total. The van der Waals surface area contributed by atoms with Gasteiger partial charge in [-0.2, -0.15) is 0 Å². The van der Waals surface area contributed by atoms with Gasteiger partial charge in [0.1, 0.15) is 11.2 Å². The highest BCUT2D eigenvalue weighted by Crippen LogP contribution is 2.46. The van der Waals surface area contributed by atoms with Gasteiger partial charge < -0.3 is 13.9 Å². The lowest BCUT2D eigenvalue weighted by atomic mass is 9.98. The molecule has 0 aliphatic carbocycles. The quantitative estimate of drug-likeness (QED) is 0.168. The predicted molar refractivity (Wildman–Crippen MR) is 247 cm³/mol. The highest BCUT2D eigenvalue weighted by Gasteiger charge is 2.21. The van der Waals surface area contributed by atoms with Gasteiger partial charge in [-0.25, -0.2) is 0 Å².